The first kappa shape index (κ1) is 10.3. The Morgan fingerprint density at radius 1 is 1.46 bits per heavy atom. The van der Waals surface area contributed by atoms with E-state index in [1.54, 1.807) is 0 Å². The predicted molar refractivity (Wildman–Crippen MR) is 57.5 cm³/mol. The van der Waals surface area contributed by atoms with E-state index in [0.717, 1.165) is 4.47 Å². The molecule has 0 aliphatic rings. The molecule has 68 valence electrons. The highest BCUT2D eigenvalue weighted by Gasteiger charge is 2.05. The number of halogens is 1. The zero-order valence-corrected chi connectivity index (χ0v) is 9.43. The van der Waals surface area contributed by atoms with Crippen LogP contribution in [-0.4, -0.2) is 0 Å². The van der Waals surface area contributed by atoms with Gasteiger partial charge >= 0.3 is 0 Å². The molecular formula is C11H12BrN. The Kier molecular flexibility index (Phi) is 3.50. The first-order valence-electron chi connectivity index (χ1n) is 4.27. The quantitative estimate of drug-likeness (QED) is 0.769. The van der Waals surface area contributed by atoms with Crippen LogP contribution in [0.25, 0.3) is 0 Å². The summed E-state index contributed by atoms with van der Waals surface area (Å²) in [6, 6.07) is 8.47. The third-order valence-electron chi connectivity index (χ3n) is 2.03. The summed E-state index contributed by atoms with van der Waals surface area (Å²) in [5.41, 5.74) is 2.46. The molecule has 0 radical (unpaired) electrons. The maximum atomic E-state index is 8.57. The molecule has 0 spiro atoms. The van der Waals surface area contributed by atoms with Crippen LogP contribution in [0.4, 0.5) is 0 Å². The van der Waals surface area contributed by atoms with Gasteiger partial charge in [0.2, 0.25) is 0 Å². The van der Waals surface area contributed by atoms with Gasteiger partial charge in [0.05, 0.1) is 6.07 Å². The maximum Gasteiger partial charge on any atom is 0.0628 e. The SMILES string of the molecule is Cc1cc(Br)cc(C(C)CC#N)c1. The van der Waals surface area contributed by atoms with Gasteiger partial charge in [-0.2, -0.15) is 5.26 Å². The first-order valence-corrected chi connectivity index (χ1v) is 5.07. The monoisotopic (exact) mass is 237 g/mol. The molecule has 1 rings (SSSR count). The number of benzene rings is 1. The Morgan fingerprint density at radius 3 is 2.69 bits per heavy atom. The average Bonchev–Trinajstić information content (AvgIpc) is 2.03. The van der Waals surface area contributed by atoms with Gasteiger partial charge in [-0.3, -0.25) is 0 Å². The van der Waals surface area contributed by atoms with Gasteiger partial charge in [-0.1, -0.05) is 28.9 Å². The number of hydrogen-bond donors (Lipinski definition) is 0. The van der Waals surface area contributed by atoms with Crippen LogP contribution in [-0.2, 0) is 0 Å². The van der Waals surface area contributed by atoms with Crippen molar-refractivity contribution in [2.75, 3.05) is 0 Å². The van der Waals surface area contributed by atoms with E-state index >= 15 is 0 Å². The molecule has 0 N–H and O–H groups in total. The van der Waals surface area contributed by atoms with E-state index in [2.05, 4.69) is 54.0 Å². The van der Waals surface area contributed by atoms with Crippen molar-refractivity contribution in [3.05, 3.63) is 33.8 Å². The summed E-state index contributed by atoms with van der Waals surface area (Å²) < 4.78 is 1.09. The van der Waals surface area contributed by atoms with Crippen LogP contribution in [0.5, 0.6) is 0 Å². The van der Waals surface area contributed by atoms with Crippen LogP contribution in [0.3, 0.4) is 0 Å². The molecular weight excluding hydrogens is 226 g/mol. The lowest BCUT2D eigenvalue weighted by atomic mass is 9.97. The highest BCUT2D eigenvalue weighted by molar-refractivity contribution is 9.10. The fraction of sp³-hybridized carbons (Fsp3) is 0.364. The van der Waals surface area contributed by atoms with Gasteiger partial charge in [0, 0.05) is 10.9 Å². The Balaban J connectivity index is 2.95. The van der Waals surface area contributed by atoms with Crippen molar-refractivity contribution in [1.29, 1.82) is 5.26 Å². The van der Waals surface area contributed by atoms with Gasteiger partial charge < -0.3 is 0 Å². The minimum atomic E-state index is 0.321. The molecule has 1 unspecified atom stereocenters. The summed E-state index contributed by atoms with van der Waals surface area (Å²) in [6.45, 7) is 4.14. The topological polar surface area (TPSA) is 23.8 Å². The van der Waals surface area contributed by atoms with Crippen LogP contribution in [0, 0.1) is 18.3 Å². The van der Waals surface area contributed by atoms with Crippen molar-refractivity contribution >= 4 is 15.9 Å². The van der Waals surface area contributed by atoms with Gasteiger partial charge in [0.15, 0.2) is 0 Å². The largest absolute Gasteiger partial charge is 0.198 e. The summed E-state index contributed by atoms with van der Waals surface area (Å²) in [5, 5.41) is 8.57. The van der Waals surface area contributed by atoms with Crippen LogP contribution in [0.1, 0.15) is 30.4 Å². The lowest BCUT2D eigenvalue weighted by molar-refractivity contribution is 0.787. The molecule has 0 amide bonds. The maximum absolute atomic E-state index is 8.57. The highest BCUT2D eigenvalue weighted by Crippen LogP contribution is 2.23. The zero-order valence-electron chi connectivity index (χ0n) is 7.84. The average molecular weight is 238 g/mol. The van der Waals surface area contributed by atoms with E-state index in [0.29, 0.717) is 12.3 Å². The Hall–Kier alpha value is -0.810. The van der Waals surface area contributed by atoms with E-state index in [4.69, 9.17) is 5.26 Å². The molecule has 0 saturated heterocycles. The fourth-order valence-corrected chi connectivity index (χ4v) is 1.93. The van der Waals surface area contributed by atoms with Crippen molar-refractivity contribution in [3.63, 3.8) is 0 Å². The minimum Gasteiger partial charge on any atom is -0.198 e. The fourth-order valence-electron chi connectivity index (χ4n) is 1.30. The number of rotatable bonds is 2. The second-order valence-corrected chi connectivity index (χ2v) is 4.24. The second kappa shape index (κ2) is 4.43. The molecule has 0 bridgehead atoms. The zero-order chi connectivity index (χ0) is 9.84. The van der Waals surface area contributed by atoms with Gasteiger partial charge in [-0.25, -0.2) is 0 Å². The lowest BCUT2D eigenvalue weighted by Crippen LogP contribution is -1.92. The van der Waals surface area contributed by atoms with Crippen LogP contribution < -0.4 is 0 Å². The van der Waals surface area contributed by atoms with Gasteiger partial charge in [-0.15, -0.1) is 0 Å². The normalized spacial score (nSPS) is 12.2. The minimum absolute atomic E-state index is 0.321. The standard InChI is InChI=1S/C11H12BrN/c1-8-5-10(7-11(12)6-8)9(2)3-4-13/h5-7,9H,3H2,1-2H3. The van der Waals surface area contributed by atoms with E-state index in [-0.39, 0.29) is 0 Å². The van der Waals surface area contributed by atoms with Crippen LogP contribution in [0.2, 0.25) is 0 Å². The molecule has 0 heterocycles. The lowest BCUT2D eigenvalue weighted by Gasteiger charge is -2.08. The van der Waals surface area contributed by atoms with E-state index < -0.39 is 0 Å². The van der Waals surface area contributed by atoms with Crippen molar-refractivity contribution in [3.8, 4) is 6.07 Å². The summed E-state index contributed by atoms with van der Waals surface area (Å²) in [5.74, 6) is 0.321. The Labute approximate surface area is 87.5 Å². The number of nitriles is 1. The van der Waals surface area contributed by atoms with Crippen molar-refractivity contribution in [2.24, 2.45) is 0 Å². The molecule has 0 saturated carbocycles. The molecule has 1 atom stereocenters. The summed E-state index contributed by atoms with van der Waals surface area (Å²) in [7, 11) is 0. The van der Waals surface area contributed by atoms with E-state index in [1.165, 1.54) is 11.1 Å². The molecule has 1 nitrogen and oxygen atoms in total. The molecule has 1 aromatic rings. The van der Waals surface area contributed by atoms with E-state index in [1.807, 2.05) is 0 Å². The molecule has 0 fully saturated rings. The molecule has 1 aromatic carbocycles. The summed E-state index contributed by atoms with van der Waals surface area (Å²) in [4.78, 5) is 0. The summed E-state index contributed by atoms with van der Waals surface area (Å²) >= 11 is 3.45. The van der Waals surface area contributed by atoms with Gasteiger partial charge in [-0.05, 0) is 36.1 Å². The van der Waals surface area contributed by atoms with Crippen LogP contribution >= 0.6 is 15.9 Å². The number of aryl methyl sites for hydroxylation is 1. The van der Waals surface area contributed by atoms with Crippen molar-refractivity contribution < 1.29 is 0 Å². The highest BCUT2D eigenvalue weighted by atomic mass is 79.9. The van der Waals surface area contributed by atoms with Crippen molar-refractivity contribution in [1.82, 2.24) is 0 Å². The van der Waals surface area contributed by atoms with E-state index in [9.17, 15) is 0 Å². The smallest absolute Gasteiger partial charge is 0.0628 e. The van der Waals surface area contributed by atoms with Crippen molar-refractivity contribution in [2.45, 2.75) is 26.2 Å². The number of hydrogen-bond acceptors (Lipinski definition) is 1. The Morgan fingerprint density at radius 2 is 2.15 bits per heavy atom. The summed E-state index contributed by atoms with van der Waals surface area (Å²) in [6.07, 6.45) is 0.579. The van der Waals surface area contributed by atoms with Gasteiger partial charge in [0.1, 0.15) is 0 Å². The molecule has 0 aromatic heterocycles. The Bertz CT molecular complexity index is 318. The predicted octanol–water partition coefficient (Wildman–Crippen LogP) is 3.77. The first-order chi connectivity index (χ1) is 6.13. The molecule has 13 heavy (non-hydrogen) atoms. The number of nitrogens with zero attached hydrogens (tertiary/aromatic N) is 1. The second-order valence-electron chi connectivity index (χ2n) is 3.33. The van der Waals surface area contributed by atoms with Crippen LogP contribution in [0.15, 0.2) is 22.7 Å². The third-order valence-corrected chi connectivity index (χ3v) is 2.49. The third kappa shape index (κ3) is 2.86. The molecule has 0 aliphatic heterocycles. The molecule has 0 aliphatic carbocycles. The van der Waals surface area contributed by atoms with Gasteiger partial charge in [0.25, 0.3) is 0 Å². The molecule has 2 heteroatoms.